The van der Waals surface area contributed by atoms with E-state index in [1.165, 1.54) is 46.5 Å². The molecule has 0 radical (unpaired) electrons. The van der Waals surface area contributed by atoms with E-state index in [2.05, 4.69) is 12.2 Å². The standard InChI is InChI=1S/C23H41NO6/c1-5-6-7-8-9-10-11-12-13-14-15-16-17-24(18(2)21(25)26,19(3)22(27)28)20(4)23(29)30/h5-6,18-20H,7-17H2,1-4H3,(H2-,25,26,27,28,29,30)/b6-5+. The lowest BCUT2D eigenvalue weighted by molar-refractivity contribution is -0.969. The van der Waals surface area contributed by atoms with Crippen LogP contribution < -0.4 is 5.11 Å². The minimum atomic E-state index is -1.43. The maximum absolute atomic E-state index is 11.7. The third-order valence-corrected chi connectivity index (χ3v) is 6.37. The zero-order valence-electron chi connectivity index (χ0n) is 19.1. The van der Waals surface area contributed by atoms with Crippen molar-refractivity contribution in [1.29, 1.82) is 0 Å². The third kappa shape index (κ3) is 8.86. The fourth-order valence-electron chi connectivity index (χ4n) is 4.25. The van der Waals surface area contributed by atoms with Crippen molar-refractivity contribution in [2.45, 2.75) is 110 Å². The molecule has 3 atom stereocenters. The van der Waals surface area contributed by atoms with Crippen LogP contribution in [0.4, 0.5) is 0 Å². The van der Waals surface area contributed by atoms with E-state index in [0.29, 0.717) is 6.42 Å². The van der Waals surface area contributed by atoms with Gasteiger partial charge in [-0.2, -0.15) is 0 Å². The number of hydrogen-bond donors (Lipinski definition) is 2. The summed E-state index contributed by atoms with van der Waals surface area (Å²) in [5, 5.41) is 30.7. The van der Waals surface area contributed by atoms with E-state index >= 15 is 0 Å². The molecule has 7 nitrogen and oxygen atoms in total. The average molecular weight is 428 g/mol. The summed E-state index contributed by atoms with van der Waals surface area (Å²) in [6.07, 6.45) is 14.9. The Hall–Kier alpha value is -1.89. The number of unbranched alkanes of at least 4 members (excludes halogenated alkanes) is 9. The van der Waals surface area contributed by atoms with Crippen LogP contribution in [0, 0.1) is 0 Å². The number of carbonyl (C=O) groups is 3. The van der Waals surface area contributed by atoms with Gasteiger partial charge in [0.2, 0.25) is 0 Å². The van der Waals surface area contributed by atoms with Gasteiger partial charge in [0.15, 0.2) is 12.1 Å². The Labute approximate surface area is 181 Å². The highest BCUT2D eigenvalue weighted by Crippen LogP contribution is 2.27. The molecule has 3 unspecified atom stereocenters. The van der Waals surface area contributed by atoms with Gasteiger partial charge in [0.05, 0.1) is 12.5 Å². The first-order valence-electron chi connectivity index (χ1n) is 11.3. The quantitative estimate of drug-likeness (QED) is 0.197. The topological polar surface area (TPSA) is 115 Å². The van der Waals surface area contributed by atoms with E-state index in [9.17, 15) is 29.7 Å². The molecule has 30 heavy (non-hydrogen) atoms. The molecule has 0 aromatic heterocycles. The van der Waals surface area contributed by atoms with Gasteiger partial charge >= 0.3 is 11.9 Å². The van der Waals surface area contributed by atoms with Gasteiger partial charge in [-0.25, -0.2) is 9.59 Å². The second-order valence-electron chi connectivity index (χ2n) is 8.28. The van der Waals surface area contributed by atoms with Gasteiger partial charge in [-0.3, -0.25) is 4.48 Å². The highest BCUT2D eigenvalue weighted by Gasteiger charge is 2.50. The van der Waals surface area contributed by atoms with E-state index < -0.39 is 40.5 Å². The molecule has 0 saturated heterocycles. The molecule has 0 saturated carbocycles. The first kappa shape index (κ1) is 28.1. The van der Waals surface area contributed by atoms with E-state index in [0.717, 1.165) is 32.1 Å². The first-order valence-corrected chi connectivity index (χ1v) is 11.3. The van der Waals surface area contributed by atoms with Crippen molar-refractivity contribution in [2.75, 3.05) is 6.54 Å². The molecule has 0 fully saturated rings. The molecule has 7 heteroatoms. The Balaban J connectivity index is 4.68. The third-order valence-electron chi connectivity index (χ3n) is 6.37. The van der Waals surface area contributed by atoms with Crippen LogP contribution in [-0.2, 0) is 14.4 Å². The number of rotatable bonds is 18. The van der Waals surface area contributed by atoms with Crippen LogP contribution >= 0.6 is 0 Å². The zero-order valence-corrected chi connectivity index (χ0v) is 19.1. The molecule has 0 spiro atoms. The Bertz CT molecular complexity index is 510. The number of quaternary nitrogens is 1. The second-order valence-corrected chi connectivity index (χ2v) is 8.28. The van der Waals surface area contributed by atoms with Crippen molar-refractivity contribution in [3.8, 4) is 0 Å². The van der Waals surface area contributed by atoms with Crippen LogP contribution in [0.2, 0.25) is 0 Å². The molecule has 0 aromatic carbocycles. The largest absolute Gasteiger partial charge is 0.544 e. The molecule has 0 rings (SSSR count). The summed E-state index contributed by atoms with van der Waals surface area (Å²) >= 11 is 0. The highest BCUT2D eigenvalue weighted by atomic mass is 16.4. The van der Waals surface area contributed by atoms with Crippen molar-refractivity contribution >= 4 is 17.9 Å². The number of carboxylic acids is 3. The normalized spacial score (nSPS) is 16.7. The van der Waals surface area contributed by atoms with Crippen molar-refractivity contribution < 1.29 is 34.2 Å². The predicted molar refractivity (Wildman–Crippen MR) is 115 cm³/mol. The second kappa shape index (κ2) is 15.0. The summed E-state index contributed by atoms with van der Waals surface area (Å²) in [6.45, 7) is 6.34. The fraction of sp³-hybridized carbons (Fsp3) is 0.783. The van der Waals surface area contributed by atoms with Gasteiger partial charge in [-0.05, 0) is 53.4 Å². The monoisotopic (exact) mass is 427 g/mol. The van der Waals surface area contributed by atoms with E-state index in [4.69, 9.17) is 0 Å². The summed E-state index contributed by atoms with van der Waals surface area (Å²) in [5.74, 6) is -3.83. The lowest BCUT2D eigenvalue weighted by Crippen LogP contribution is -2.72. The van der Waals surface area contributed by atoms with Crippen molar-refractivity contribution in [2.24, 2.45) is 0 Å². The van der Waals surface area contributed by atoms with Crippen LogP contribution in [0.1, 0.15) is 91.9 Å². The Kier molecular flexibility index (Phi) is 14.0. The van der Waals surface area contributed by atoms with Gasteiger partial charge in [-0.15, -0.1) is 0 Å². The molecule has 0 bridgehead atoms. The maximum Gasteiger partial charge on any atom is 0.362 e. The lowest BCUT2D eigenvalue weighted by atomic mass is 10.00. The summed E-state index contributed by atoms with van der Waals surface area (Å²) < 4.78 is -0.542. The Morgan fingerprint density at radius 1 is 0.767 bits per heavy atom. The van der Waals surface area contributed by atoms with Gasteiger partial charge in [0.1, 0.15) is 6.04 Å². The molecule has 0 aliphatic rings. The maximum atomic E-state index is 11.7. The molecule has 0 aliphatic carbocycles. The average Bonchev–Trinajstić information content (AvgIpc) is 2.70. The van der Waals surface area contributed by atoms with Crippen molar-refractivity contribution in [1.82, 2.24) is 0 Å². The van der Waals surface area contributed by atoms with Crippen LogP contribution in [-0.4, -0.2) is 57.3 Å². The van der Waals surface area contributed by atoms with Crippen LogP contribution in [0.5, 0.6) is 0 Å². The van der Waals surface area contributed by atoms with Gasteiger partial charge < -0.3 is 20.1 Å². The Morgan fingerprint density at radius 3 is 1.53 bits per heavy atom. The first-order chi connectivity index (χ1) is 14.1. The van der Waals surface area contributed by atoms with E-state index in [-0.39, 0.29) is 6.54 Å². The smallest absolute Gasteiger partial charge is 0.362 e. The number of allylic oxidation sites excluding steroid dienone is 2. The number of carboxylic acid groups (broad SMARTS) is 3. The molecule has 2 N–H and O–H groups in total. The molecular formula is C23H41NO6. The van der Waals surface area contributed by atoms with Crippen LogP contribution in [0.3, 0.4) is 0 Å². The van der Waals surface area contributed by atoms with E-state index in [1.807, 2.05) is 6.92 Å². The summed E-state index contributed by atoms with van der Waals surface area (Å²) in [6, 6.07) is -3.55. The molecule has 0 amide bonds. The SMILES string of the molecule is C/C=C/CCCCCCCCCCC[N+](C(C)C(=O)[O-])(C(C)C(=O)O)C(C)C(=O)O. The minimum absolute atomic E-state index is 0.182. The zero-order chi connectivity index (χ0) is 23.2. The minimum Gasteiger partial charge on any atom is -0.544 e. The number of hydrogen-bond acceptors (Lipinski definition) is 4. The number of aliphatic carboxylic acids is 3. The van der Waals surface area contributed by atoms with E-state index in [1.54, 1.807) is 0 Å². The van der Waals surface area contributed by atoms with Crippen LogP contribution in [0.15, 0.2) is 12.2 Å². The summed E-state index contributed by atoms with van der Waals surface area (Å²) in [4.78, 5) is 35.0. The molecule has 0 heterocycles. The van der Waals surface area contributed by atoms with Gasteiger partial charge in [0.25, 0.3) is 0 Å². The van der Waals surface area contributed by atoms with Gasteiger partial charge in [0, 0.05) is 0 Å². The predicted octanol–water partition coefficient (Wildman–Crippen LogP) is 3.36. The fourth-order valence-corrected chi connectivity index (χ4v) is 4.25. The van der Waals surface area contributed by atoms with Crippen molar-refractivity contribution in [3.05, 3.63) is 12.2 Å². The van der Waals surface area contributed by atoms with Gasteiger partial charge in [-0.1, -0.05) is 50.7 Å². The molecule has 174 valence electrons. The lowest BCUT2D eigenvalue weighted by Gasteiger charge is -2.49. The van der Waals surface area contributed by atoms with Crippen LogP contribution in [0.25, 0.3) is 0 Å². The number of carbonyl (C=O) groups excluding carboxylic acids is 1. The number of nitrogens with zero attached hydrogens (tertiary/aromatic N) is 1. The molecule has 0 aliphatic heterocycles. The summed E-state index contributed by atoms with van der Waals surface area (Å²) in [5.41, 5.74) is 0. The highest BCUT2D eigenvalue weighted by molar-refractivity contribution is 5.76. The summed E-state index contributed by atoms with van der Waals surface area (Å²) in [7, 11) is 0. The molecule has 0 aromatic rings. The van der Waals surface area contributed by atoms with Crippen molar-refractivity contribution in [3.63, 3.8) is 0 Å². The Morgan fingerprint density at radius 2 is 1.17 bits per heavy atom. The molecular weight excluding hydrogens is 386 g/mol.